The maximum absolute atomic E-state index is 13.6. The number of imidazole rings is 2. The molecule has 2 atom stereocenters. The molecule has 0 unspecified atom stereocenters. The standard InChI is InChI=1S/C30H25F2N5O2/c1-15-27(34-16(2)33-15)18-9-7-17(8-10-18)19-11-12-21-22(13-19)37-23-14-24(28(37)35-21)36(3)29(38)20-5-4-6-25(26(20)23)39-30(31)32/h4-13,23-24,30H,14H2,1-3H3,(H,33,34)/t23-,24-/m1/s1/i3D3. The third kappa shape index (κ3) is 3.56. The van der Waals surface area contributed by atoms with Crippen LogP contribution in [0.3, 0.4) is 0 Å². The average molecular weight is 529 g/mol. The lowest BCUT2D eigenvalue weighted by molar-refractivity contribution is -0.0507. The minimum atomic E-state index is -3.12. The molecule has 2 aliphatic heterocycles. The van der Waals surface area contributed by atoms with Crippen LogP contribution in [0.4, 0.5) is 8.78 Å². The summed E-state index contributed by atoms with van der Waals surface area (Å²) >= 11 is 0. The van der Waals surface area contributed by atoms with Gasteiger partial charge in [-0.15, -0.1) is 0 Å². The summed E-state index contributed by atoms with van der Waals surface area (Å²) in [5, 5.41) is 0. The fraction of sp³-hybridized carbons (Fsp3) is 0.233. The highest BCUT2D eigenvalue weighted by molar-refractivity contribution is 5.98. The molecule has 196 valence electrons. The summed E-state index contributed by atoms with van der Waals surface area (Å²) in [7, 11) is 0. The number of hydrogen-bond donors (Lipinski definition) is 1. The van der Waals surface area contributed by atoms with Crippen LogP contribution in [-0.4, -0.2) is 43.9 Å². The molecule has 7 rings (SSSR count). The van der Waals surface area contributed by atoms with E-state index < -0.39 is 31.6 Å². The summed E-state index contributed by atoms with van der Waals surface area (Å²) in [5.74, 6) is 0.321. The Hall–Kier alpha value is -4.53. The fourth-order valence-corrected chi connectivity index (χ4v) is 6.01. The number of H-pyrrole nitrogens is 1. The molecule has 0 fully saturated rings. The number of aryl methyl sites for hydroxylation is 2. The van der Waals surface area contributed by atoms with Gasteiger partial charge in [0.05, 0.1) is 34.5 Å². The molecule has 7 nitrogen and oxygen atoms in total. The monoisotopic (exact) mass is 528 g/mol. The van der Waals surface area contributed by atoms with E-state index in [1.54, 1.807) is 0 Å². The van der Waals surface area contributed by atoms with Gasteiger partial charge in [0.15, 0.2) is 0 Å². The number of nitrogens with zero attached hydrogens (tertiary/aromatic N) is 4. The van der Waals surface area contributed by atoms with Crippen molar-refractivity contribution in [1.82, 2.24) is 24.4 Å². The van der Waals surface area contributed by atoms with Crippen LogP contribution in [0, 0.1) is 13.8 Å². The van der Waals surface area contributed by atoms with Gasteiger partial charge in [-0.3, -0.25) is 4.79 Å². The number of benzene rings is 3. The van der Waals surface area contributed by atoms with E-state index in [2.05, 4.69) is 9.97 Å². The van der Waals surface area contributed by atoms with Gasteiger partial charge in [0.25, 0.3) is 5.91 Å². The van der Waals surface area contributed by atoms with Gasteiger partial charge in [0.1, 0.15) is 17.4 Å². The topological polar surface area (TPSA) is 76.0 Å². The summed E-state index contributed by atoms with van der Waals surface area (Å²) in [6.45, 7) is -2.03. The van der Waals surface area contributed by atoms with Gasteiger partial charge in [-0.1, -0.05) is 36.4 Å². The second-order valence-corrected chi connectivity index (χ2v) is 9.94. The van der Waals surface area contributed by atoms with Crippen LogP contribution >= 0.6 is 0 Å². The molecule has 39 heavy (non-hydrogen) atoms. The largest absolute Gasteiger partial charge is 0.434 e. The molecule has 0 radical (unpaired) electrons. The molecule has 0 aliphatic carbocycles. The molecular weight excluding hydrogens is 500 g/mol. The normalized spacial score (nSPS) is 19.5. The molecule has 3 aromatic carbocycles. The van der Waals surface area contributed by atoms with E-state index in [1.165, 1.54) is 18.2 Å². The minimum absolute atomic E-state index is 0.0281. The lowest BCUT2D eigenvalue weighted by Gasteiger charge is -2.24. The predicted octanol–water partition coefficient (Wildman–Crippen LogP) is 6.43. The summed E-state index contributed by atoms with van der Waals surface area (Å²) in [6.07, 6.45) is 0.168. The van der Waals surface area contributed by atoms with E-state index in [9.17, 15) is 13.6 Å². The number of rotatable bonds is 4. The van der Waals surface area contributed by atoms with Gasteiger partial charge in [-0.05, 0) is 54.8 Å². The van der Waals surface area contributed by atoms with Crippen LogP contribution in [0.15, 0.2) is 60.7 Å². The number of alkyl halides is 2. The fourth-order valence-electron chi connectivity index (χ4n) is 6.01. The van der Waals surface area contributed by atoms with Crippen LogP contribution in [0.25, 0.3) is 33.4 Å². The summed E-state index contributed by atoms with van der Waals surface area (Å²) in [6, 6.07) is 16.5. The molecule has 1 N–H and O–H groups in total. The Kier molecular flexibility index (Phi) is 4.45. The quantitative estimate of drug-likeness (QED) is 0.292. The second-order valence-electron chi connectivity index (χ2n) is 9.94. The van der Waals surface area contributed by atoms with E-state index in [4.69, 9.17) is 13.8 Å². The van der Waals surface area contributed by atoms with Crippen molar-refractivity contribution in [2.45, 2.75) is 39.0 Å². The van der Waals surface area contributed by atoms with E-state index in [0.29, 0.717) is 16.9 Å². The number of carbonyl (C=O) groups is 1. The van der Waals surface area contributed by atoms with E-state index in [1.807, 2.05) is 60.9 Å². The lowest BCUT2D eigenvalue weighted by Crippen LogP contribution is -2.30. The molecule has 2 bridgehead atoms. The zero-order chi connectivity index (χ0) is 29.5. The average Bonchev–Trinajstić information content (AvgIpc) is 3.56. The van der Waals surface area contributed by atoms with Crippen LogP contribution < -0.4 is 4.74 Å². The first kappa shape index (κ1) is 20.4. The van der Waals surface area contributed by atoms with Crippen LogP contribution in [0.1, 0.15) is 55.9 Å². The van der Waals surface area contributed by atoms with Gasteiger partial charge < -0.3 is 19.2 Å². The Morgan fingerprint density at radius 3 is 2.51 bits per heavy atom. The number of carbonyl (C=O) groups excluding carboxylic acids is 1. The molecule has 0 spiro atoms. The van der Waals surface area contributed by atoms with E-state index in [0.717, 1.165) is 38.8 Å². The third-order valence-electron chi connectivity index (χ3n) is 7.66. The number of aromatic amines is 1. The Bertz CT molecular complexity index is 1880. The maximum atomic E-state index is 13.6. The molecule has 0 saturated heterocycles. The van der Waals surface area contributed by atoms with Crippen LogP contribution in [0.5, 0.6) is 5.75 Å². The minimum Gasteiger partial charge on any atom is -0.434 e. The second kappa shape index (κ2) is 8.49. The molecular formula is C30H25F2N5O2. The van der Waals surface area contributed by atoms with Crippen LogP contribution in [0.2, 0.25) is 0 Å². The molecule has 5 aromatic rings. The van der Waals surface area contributed by atoms with Crippen molar-refractivity contribution in [2.75, 3.05) is 6.98 Å². The summed E-state index contributed by atoms with van der Waals surface area (Å²) < 4.78 is 58.2. The first-order chi connectivity index (χ1) is 20.0. The number of fused-ring (bicyclic) bond motifs is 9. The van der Waals surface area contributed by atoms with Gasteiger partial charge in [0.2, 0.25) is 0 Å². The number of ether oxygens (including phenoxy) is 1. The number of amides is 1. The highest BCUT2D eigenvalue weighted by atomic mass is 19.3. The summed E-state index contributed by atoms with van der Waals surface area (Å²) in [5.41, 5.74) is 6.30. The van der Waals surface area contributed by atoms with E-state index in [-0.39, 0.29) is 23.3 Å². The van der Waals surface area contributed by atoms with Crippen molar-refractivity contribution in [3.05, 3.63) is 89.1 Å². The van der Waals surface area contributed by atoms with Gasteiger partial charge in [-0.2, -0.15) is 8.78 Å². The predicted molar refractivity (Wildman–Crippen MR) is 143 cm³/mol. The van der Waals surface area contributed by atoms with Crippen molar-refractivity contribution in [3.63, 3.8) is 0 Å². The highest BCUT2D eigenvalue weighted by Gasteiger charge is 2.45. The first-order valence-electron chi connectivity index (χ1n) is 14.1. The summed E-state index contributed by atoms with van der Waals surface area (Å²) in [4.78, 5) is 27.0. The van der Waals surface area contributed by atoms with Crippen molar-refractivity contribution in [3.8, 4) is 28.1 Å². The van der Waals surface area contributed by atoms with Gasteiger partial charge in [-0.25, -0.2) is 9.97 Å². The smallest absolute Gasteiger partial charge is 0.387 e. The Labute approximate surface area is 227 Å². The zero-order valence-corrected chi connectivity index (χ0v) is 21.1. The molecule has 1 amide bonds. The number of nitrogens with one attached hydrogen (secondary N) is 1. The Morgan fingerprint density at radius 2 is 1.79 bits per heavy atom. The van der Waals surface area contributed by atoms with Gasteiger partial charge in [0, 0.05) is 28.6 Å². The number of hydrogen-bond acceptors (Lipinski definition) is 4. The number of halogens is 2. The van der Waals surface area contributed by atoms with Crippen molar-refractivity contribution in [1.29, 1.82) is 0 Å². The Morgan fingerprint density at radius 1 is 1.03 bits per heavy atom. The van der Waals surface area contributed by atoms with Crippen LogP contribution in [-0.2, 0) is 0 Å². The first-order valence-corrected chi connectivity index (χ1v) is 12.6. The molecule has 4 heterocycles. The van der Waals surface area contributed by atoms with Gasteiger partial charge >= 0.3 is 6.61 Å². The van der Waals surface area contributed by atoms with E-state index >= 15 is 0 Å². The zero-order valence-electron chi connectivity index (χ0n) is 24.1. The molecule has 9 heteroatoms. The van der Waals surface area contributed by atoms with Crippen molar-refractivity contribution in [2.24, 2.45) is 0 Å². The SMILES string of the molecule is [2H]C([2H])([2H])N1C(=O)c2cccc(OC(F)F)c2[C@H]2C[C@@H]1c1nc3ccc(-c4ccc(-c5[nH]c(C)nc5C)cc4)cc3n12. The molecule has 2 aliphatic rings. The maximum Gasteiger partial charge on any atom is 0.387 e. The third-order valence-corrected chi connectivity index (χ3v) is 7.66. The Balaban J connectivity index is 1.38. The molecule has 0 saturated carbocycles. The lowest BCUT2D eigenvalue weighted by atomic mass is 9.97. The molecule has 2 aromatic heterocycles. The highest BCUT2D eigenvalue weighted by Crippen LogP contribution is 2.50. The van der Waals surface area contributed by atoms with Crippen molar-refractivity contribution < 1.29 is 22.4 Å². The van der Waals surface area contributed by atoms with Crippen molar-refractivity contribution >= 4 is 16.9 Å². The number of aromatic nitrogens is 4.